The van der Waals surface area contributed by atoms with Gasteiger partial charge in [-0.25, -0.2) is 9.18 Å². The molecule has 1 aromatic rings. The van der Waals surface area contributed by atoms with E-state index in [1.807, 2.05) is 6.92 Å². The molecule has 0 aromatic heterocycles. The van der Waals surface area contributed by atoms with Crippen LogP contribution in [0.3, 0.4) is 0 Å². The summed E-state index contributed by atoms with van der Waals surface area (Å²) < 4.78 is 31.5. The predicted molar refractivity (Wildman–Crippen MR) is 62.8 cm³/mol. The van der Waals surface area contributed by atoms with Crippen molar-refractivity contribution in [2.24, 2.45) is 0 Å². The van der Waals surface area contributed by atoms with E-state index in [2.05, 4.69) is 0 Å². The molecule has 0 amide bonds. The molecular weight excluding hydrogens is 260 g/mol. The molecule has 0 fully saturated rings. The lowest BCUT2D eigenvalue weighted by Gasteiger charge is -2.05. The fourth-order valence-corrected chi connectivity index (χ4v) is 1.43. The lowest BCUT2D eigenvalue weighted by atomic mass is 10.2. The highest BCUT2D eigenvalue weighted by molar-refractivity contribution is 5.90. The molecule has 0 radical (unpaired) electrons. The number of benzene rings is 1. The highest BCUT2D eigenvalue weighted by atomic mass is 19.1. The monoisotopic (exact) mass is 273 g/mol. The summed E-state index contributed by atoms with van der Waals surface area (Å²) in [4.78, 5) is 20.8. The van der Waals surface area contributed by atoms with Crippen LogP contribution in [0.25, 0.3) is 0 Å². The van der Waals surface area contributed by atoms with E-state index in [-0.39, 0.29) is 6.61 Å². The Labute approximate surface area is 108 Å². The van der Waals surface area contributed by atoms with Gasteiger partial charge in [0.15, 0.2) is 0 Å². The van der Waals surface area contributed by atoms with E-state index in [4.69, 9.17) is 4.74 Å². The molecule has 0 aliphatic rings. The Morgan fingerprint density at radius 3 is 2.58 bits per heavy atom. The second kappa shape index (κ2) is 6.77. The molecule has 0 bridgehead atoms. The summed E-state index contributed by atoms with van der Waals surface area (Å²) in [5.41, 5.74) is -1.65. The van der Waals surface area contributed by atoms with Gasteiger partial charge in [-0.3, -0.25) is 10.1 Å². The lowest BCUT2D eigenvalue weighted by molar-refractivity contribution is -0.387. The third-order valence-corrected chi connectivity index (χ3v) is 2.43. The first-order chi connectivity index (χ1) is 8.97. The van der Waals surface area contributed by atoms with Crippen LogP contribution in [0, 0.1) is 21.7 Å². The first-order valence-electron chi connectivity index (χ1n) is 5.78. The van der Waals surface area contributed by atoms with Crippen LogP contribution in [0.2, 0.25) is 0 Å². The minimum atomic E-state index is -1.27. The number of hydrogen-bond donors (Lipinski definition) is 0. The minimum absolute atomic E-state index is 0.102. The number of rotatable bonds is 6. The molecule has 0 N–H and O–H groups in total. The van der Waals surface area contributed by atoms with Crippen LogP contribution >= 0.6 is 0 Å². The molecule has 19 heavy (non-hydrogen) atoms. The number of carbonyl (C=O) groups excluding carboxylic acids is 1. The SMILES string of the molecule is CCCCCOC(=O)c1cc(F)c([N+](=O)[O-])cc1F. The zero-order chi connectivity index (χ0) is 14.4. The molecule has 0 spiro atoms. The van der Waals surface area contributed by atoms with E-state index in [9.17, 15) is 23.7 Å². The Bertz CT molecular complexity index is 491. The van der Waals surface area contributed by atoms with Crippen molar-refractivity contribution in [3.63, 3.8) is 0 Å². The van der Waals surface area contributed by atoms with E-state index in [0.29, 0.717) is 18.6 Å². The van der Waals surface area contributed by atoms with Crippen molar-refractivity contribution in [1.29, 1.82) is 0 Å². The number of nitrogens with zero attached hydrogens (tertiary/aromatic N) is 1. The van der Waals surface area contributed by atoms with Crippen LogP contribution in [-0.2, 0) is 4.74 Å². The van der Waals surface area contributed by atoms with Gasteiger partial charge in [0.1, 0.15) is 5.82 Å². The summed E-state index contributed by atoms with van der Waals surface area (Å²) in [6.07, 6.45) is 2.40. The van der Waals surface area contributed by atoms with Crippen molar-refractivity contribution < 1.29 is 23.2 Å². The minimum Gasteiger partial charge on any atom is -0.462 e. The molecule has 5 nitrogen and oxygen atoms in total. The Hall–Kier alpha value is -2.05. The number of esters is 1. The van der Waals surface area contributed by atoms with Gasteiger partial charge in [-0.1, -0.05) is 19.8 Å². The van der Waals surface area contributed by atoms with Crippen molar-refractivity contribution in [2.45, 2.75) is 26.2 Å². The Kier molecular flexibility index (Phi) is 5.35. The number of hydrogen-bond acceptors (Lipinski definition) is 4. The maximum absolute atomic E-state index is 13.4. The van der Waals surface area contributed by atoms with Gasteiger partial charge >= 0.3 is 11.7 Å². The largest absolute Gasteiger partial charge is 0.462 e. The third-order valence-electron chi connectivity index (χ3n) is 2.43. The Morgan fingerprint density at radius 1 is 1.32 bits per heavy atom. The van der Waals surface area contributed by atoms with Crippen molar-refractivity contribution >= 4 is 11.7 Å². The van der Waals surface area contributed by atoms with Gasteiger partial charge in [0, 0.05) is 0 Å². The first kappa shape index (κ1) is 15.0. The normalized spacial score (nSPS) is 10.3. The van der Waals surface area contributed by atoms with Gasteiger partial charge in [-0.2, -0.15) is 4.39 Å². The predicted octanol–water partition coefficient (Wildman–Crippen LogP) is 3.22. The van der Waals surface area contributed by atoms with Gasteiger partial charge in [-0.15, -0.1) is 0 Å². The number of nitro benzene ring substituents is 1. The molecule has 1 rings (SSSR count). The molecule has 1 aromatic carbocycles. The zero-order valence-corrected chi connectivity index (χ0v) is 10.3. The molecule has 0 unspecified atom stereocenters. The first-order valence-corrected chi connectivity index (χ1v) is 5.78. The molecule has 0 heterocycles. The summed E-state index contributed by atoms with van der Waals surface area (Å²) in [5.74, 6) is -3.47. The van der Waals surface area contributed by atoms with E-state index < -0.39 is 33.8 Å². The number of ether oxygens (including phenoxy) is 1. The van der Waals surface area contributed by atoms with Gasteiger partial charge in [0.2, 0.25) is 5.82 Å². The Morgan fingerprint density at radius 2 is 2.00 bits per heavy atom. The molecule has 104 valence electrons. The van der Waals surface area contributed by atoms with Gasteiger partial charge < -0.3 is 4.74 Å². The third kappa shape index (κ3) is 3.97. The van der Waals surface area contributed by atoms with Crippen LogP contribution in [-0.4, -0.2) is 17.5 Å². The molecule has 0 aliphatic carbocycles. The van der Waals surface area contributed by atoms with Gasteiger partial charge in [0.05, 0.1) is 23.2 Å². The fraction of sp³-hybridized carbons (Fsp3) is 0.417. The number of halogens is 2. The zero-order valence-electron chi connectivity index (χ0n) is 10.3. The lowest BCUT2D eigenvalue weighted by Crippen LogP contribution is -2.10. The molecule has 0 saturated carbocycles. The number of unbranched alkanes of at least 4 members (excludes halogenated alkanes) is 2. The fourth-order valence-electron chi connectivity index (χ4n) is 1.43. The standard InChI is InChI=1S/C12H13F2NO4/c1-2-3-4-5-19-12(16)8-6-10(14)11(15(17)18)7-9(8)13/h6-7H,2-5H2,1H3. The van der Waals surface area contributed by atoms with E-state index in [1.54, 1.807) is 0 Å². The highest BCUT2D eigenvalue weighted by Gasteiger charge is 2.22. The number of nitro groups is 1. The van der Waals surface area contributed by atoms with Gasteiger partial charge in [-0.05, 0) is 12.5 Å². The quantitative estimate of drug-likeness (QED) is 0.345. The van der Waals surface area contributed by atoms with E-state index >= 15 is 0 Å². The molecule has 0 saturated heterocycles. The van der Waals surface area contributed by atoms with Crippen molar-refractivity contribution in [1.82, 2.24) is 0 Å². The van der Waals surface area contributed by atoms with Crippen LogP contribution < -0.4 is 0 Å². The van der Waals surface area contributed by atoms with Crippen LogP contribution in [0.5, 0.6) is 0 Å². The highest BCUT2D eigenvalue weighted by Crippen LogP contribution is 2.22. The van der Waals surface area contributed by atoms with Crippen molar-refractivity contribution in [3.8, 4) is 0 Å². The second-order valence-electron chi connectivity index (χ2n) is 3.88. The topological polar surface area (TPSA) is 69.4 Å². The summed E-state index contributed by atoms with van der Waals surface area (Å²) in [7, 11) is 0. The van der Waals surface area contributed by atoms with Crippen molar-refractivity contribution in [3.05, 3.63) is 39.4 Å². The van der Waals surface area contributed by atoms with Crippen LogP contribution in [0.1, 0.15) is 36.5 Å². The molecule has 0 atom stereocenters. The summed E-state index contributed by atoms with van der Waals surface area (Å²) in [6.45, 7) is 2.07. The Balaban J connectivity index is 2.81. The molecule has 7 heteroatoms. The van der Waals surface area contributed by atoms with E-state index in [0.717, 1.165) is 12.8 Å². The smallest absolute Gasteiger partial charge is 0.341 e. The van der Waals surface area contributed by atoms with Crippen LogP contribution in [0.15, 0.2) is 12.1 Å². The summed E-state index contributed by atoms with van der Waals surface area (Å²) in [6, 6.07) is 0.855. The average molecular weight is 273 g/mol. The van der Waals surface area contributed by atoms with Gasteiger partial charge in [0.25, 0.3) is 0 Å². The maximum Gasteiger partial charge on any atom is 0.341 e. The van der Waals surface area contributed by atoms with Crippen LogP contribution in [0.4, 0.5) is 14.5 Å². The number of carbonyl (C=O) groups is 1. The second-order valence-corrected chi connectivity index (χ2v) is 3.88. The van der Waals surface area contributed by atoms with E-state index in [1.165, 1.54) is 0 Å². The molecule has 0 aliphatic heterocycles. The average Bonchev–Trinajstić information content (AvgIpc) is 2.36. The maximum atomic E-state index is 13.4. The van der Waals surface area contributed by atoms with Crippen molar-refractivity contribution in [2.75, 3.05) is 6.61 Å². The molecular formula is C12H13F2NO4. The summed E-state index contributed by atoms with van der Waals surface area (Å²) in [5, 5.41) is 10.4. The summed E-state index contributed by atoms with van der Waals surface area (Å²) >= 11 is 0.